The second-order valence-electron chi connectivity index (χ2n) is 5.67. The average Bonchev–Trinajstić information content (AvgIpc) is 3.07. The number of hydrogen-bond acceptors (Lipinski definition) is 2. The molecule has 114 valence electrons. The lowest BCUT2D eigenvalue weighted by Crippen LogP contribution is -2.16. The molecule has 3 aromatic rings. The van der Waals surface area contributed by atoms with Gasteiger partial charge in [-0.2, -0.15) is 0 Å². The highest BCUT2D eigenvalue weighted by molar-refractivity contribution is 7.17. The summed E-state index contributed by atoms with van der Waals surface area (Å²) >= 11 is 1.67. The Kier molecular flexibility index (Phi) is 4.03. The van der Waals surface area contributed by atoms with Crippen LogP contribution in [0.25, 0.3) is 10.2 Å². The molecule has 2 aromatic heterocycles. The lowest BCUT2D eigenvalue weighted by atomic mass is 10.0. The van der Waals surface area contributed by atoms with E-state index in [1.54, 1.807) is 11.3 Å². The maximum Gasteiger partial charge on any atom is 0.272 e. The maximum atomic E-state index is 12.6. The molecule has 3 rings (SSSR count). The van der Waals surface area contributed by atoms with Gasteiger partial charge in [-0.05, 0) is 48.1 Å². The number of hydrogen-bond donors (Lipinski definition) is 1. The number of carbonyl (C=O) groups is 1. The molecule has 4 heteroatoms. The smallest absolute Gasteiger partial charge is 0.272 e. The van der Waals surface area contributed by atoms with Crippen molar-refractivity contribution in [1.29, 1.82) is 0 Å². The molecule has 0 fully saturated rings. The first-order valence-electron chi connectivity index (χ1n) is 7.58. The van der Waals surface area contributed by atoms with Crippen LogP contribution in [0.5, 0.6) is 0 Å². The summed E-state index contributed by atoms with van der Waals surface area (Å²) in [5.74, 6) is 0.441. The first-order valence-corrected chi connectivity index (χ1v) is 8.46. The lowest BCUT2D eigenvalue weighted by Gasteiger charge is -2.10. The fraction of sp³-hybridized carbons (Fsp3) is 0.278. The molecular weight excluding hydrogens is 292 g/mol. The SMILES string of the molecule is CCn1c(C(=O)Nc2ccc(C(C)C)cc2)cc2sccc21. The molecular formula is C18H20N2OS. The Morgan fingerprint density at radius 2 is 1.95 bits per heavy atom. The Balaban J connectivity index is 1.85. The van der Waals surface area contributed by atoms with Gasteiger partial charge in [-0.25, -0.2) is 0 Å². The maximum absolute atomic E-state index is 12.6. The fourth-order valence-electron chi connectivity index (χ4n) is 2.65. The van der Waals surface area contributed by atoms with Crippen molar-refractivity contribution >= 4 is 33.1 Å². The Morgan fingerprint density at radius 3 is 2.59 bits per heavy atom. The second kappa shape index (κ2) is 5.97. The van der Waals surface area contributed by atoms with Crippen LogP contribution in [0.15, 0.2) is 41.8 Å². The summed E-state index contributed by atoms with van der Waals surface area (Å²) < 4.78 is 3.21. The summed E-state index contributed by atoms with van der Waals surface area (Å²) in [7, 11) is 0. The van der Waals surface area contributed by atoms with E-state index in [1.165, 1.54) is 5.56 Å². The van der Waals surface area contributed by atoms with Gasteiger partial charge in [-0.3, -0.25) is 4.79 Å². The average molecular weight is 312 g/mol. The van der Waals surface area contributed by atoms with Crippen LogP contribution < -0.4 is 5.32 Å². The molecule has 3 nitrogen and oxygen atoms in total. The van der Waals surface area contributed by atoms with Crippen molar-refractivity contribution in [1.82, 2.24) is 4.57 Å². The number of nitrogens with one attached hydrogen (secondary N) is 1. The minimum Gasteiger partial charge on any atom is -0.336 e. The van der Waals surface area contributed by atoms with Crippen LogP contribution in [-0.2, 0) is 6.54 Å². The van der Waals surface area contributed by atoms with Crippen molar-refractivity contribution in [3.05, 3.63) is 53.0 Å². The van der Waals surface area contributed by atoms with Crippen LogP contribution in [0.2, 0.25) is 0 Å². The molecule has 0 saturated heterocycles. The van der Waals surface area contributed by atoms with Crippen LogP contribution in [-0.4, -0.2) is 10.5 Å². The number of rotatable bonds is 4. The molecule has 0 bridgehead atoms. The van der Waals surface area contributed by atoms with Crippen molar-refractivity contribution in [3.63, 3.8) is 0 Å². The zero-order chi connectivity index (χ0) is 15.7. The molecule has 2 heterocycles. The molecule has 0 aliphatic rings. The standard InChI is InChI=1S/C18H20N2OS/c1-4-20-15-9-10-22-17(15)11-16(20)18(21)19-14-7-5-13(6-8-14)12(2)3/h5-12H,4H2,1-3H3,(H,19,21). The van der Waals surface area contributed by atoms with Crippen molar-refractivity contribution in [2.24, 2.45) is 0 Å². The third-order valence-electron chi connectivity index (χ3n) is 3.91. The van der Waals surface area contributed by atoms with Gasteiger partial charge in [0.15, 0.2) is 0 Å². The number of benzene rings is 1. The first-order chi connectivity index (χ1) is 10.6. The first kappa shape index (κ1) is 14.9. The monoisotopic (exact) mass is 312 g/mol. The van der Waals surface area contributed by atoms with Crippen LogP contribution >= 0.6 is 11.3 Å². The Labute approximate surface area is 134 Å². The summed E-state index contributed by atoms with van der Waals surface area (Å²) in [6.45, 7) is 7.17. The molecule has 0 aliphatic heterocycles. The van der Waals surface area contributed by atoms with E-state index in [0.717, 1.165) is 28.1 Å². The van der Waals surface area contributed by atoms with E-state index >= 15 is 0 Å². The number of nitrogens with zero attached hydrogens (tertiary/aromatic N) is 1. The zero-order valence-electron chi connectivity index (χ0n) is 13.1. The number of anilines is 1. The number of aryl methyl sites for hydroxylation is 1. The molecule has 0 spiro atoms. The van der Waals surface area contributed by atoms with Gasteiger partial charge < -0.3 is 9.88 Å². The van der Waals surface area contributed by atoms with Gasteiger partial charge in [-0.15, -0.1) is 11.3 Å². The predicted molar refractivity (Wildman–Crippen MR) is 94.0 cm³/mol. The van der Waals surface area contributed by atoms with Crippen LogP contribution in [0, 0.1) is 0 Å². The van der Waals surface area contributed by atoms with E-state index in [2.05, 4.69) is 54.2 Å². The second-order valence-corrected chi connectivity index (χ2v) is 6.62. The van der Waals surface area contributed by atoms with Crippen molar-refractivity contribution in [2.45, 2.75) is 33.2 Å². The van der Waals surface area contributed by atoms with Gasteiger partial charge in [0.1, 0.15) is 5.69 Å². The summed E-state index contributed by atoms with van der Waals surface area (Å²) in [5.41, 5.74) is 3.96. The van der Waals surface area contributed by atoms with Gasteiger partial charge >= 0.3 is 0 Å². The van der Waals surface area contributed by atoms with E-state index in [4.69, 9.17) is 0 Å². The highest BCUT2D eigenvalue weighted by atomic mass is 32.1. The highest BCUT2D eigenvalue weighted by Crippen LogP contribution is 2.26. The minimum absolute atomic E-state index is 0.0532. The summed E-state index contributed by atoms with van der Waals surface area (Å²) in [5, 5.41) is 5.05. The number of carbonyl (C=O) groups excluding carboxylic acids is 1. The van der Waals surface area contributed by atoms with Crippen molar-refractivity contribution in [3.8, 4) is 0 Å². The van der Waals surface area contributed by atoms with E-state index in [1.807, 2.05) is 18.2 Å². The van der Waals surface area contributed by atoms with E-state index in [9.17, 15) is 4.79 Å². The van der Waals surface area contributed by atoms with Crippen molar-refractivity contribution < 1.29 is 4.79 Å². The topological polar surface area (TPSA) is 34.0 Å². The highest BCUT2D eigenvalue weighted by Gasteiger charge is 2.15. The van der Waals surface area contributed by atoms with Crippen LogP contribution in [0.1, 0.15) is 42.7 Å². The quantitative estimate of drug-likeness (QED) is 0.714. The van der Waals surface area contributed by atoms with Crippen LogP contribution in [0.3, 0.4) is 0 Å². The molecule has 1 amide bonds. The van der Waals surface area contributed by atoms with Gasteiger partial charge in [-0.1, -0.05) is 26.0 Å². The van der Waals surface area contributed by atoms with E-state index in [0.29, 0.717) is 5.92 Å². The Hall–Kier alpha value is -2.07. The molecule has 22 heavy (non-hydrogen) atoms. The van der Waals surface area contributed by atoms with Gasteiger partial charge in [0, 0.05) is 12.2 Å². The number of fused-ring (bicyclic) bond motifs is 1. The fourth-order valence-corrected chi connectivity index (χ4v) is 3.47. The third-order valence-corrected chi connectivity index (χ3v) is 4.76. The van der Waals surface area contributed by atoms with Crippen molar-refractivity contribution in [2.75, 3.05) is 5.32 Å². The predicted octanol–water partition coefficient (Wildman–Crippen LogP) is 5.10. The summed E-state index contributed by atoms with van der Waals surface area (Å²) in [6, 6.07) is 12.1. The molecule has 0 radical (unpaired) electrons. The number of aromatic nitrogens is 1. The lowest BCUT2D eigenvalue weighted by molar-refractivity contribution is 0.101. The molecule has 0 unspecified atom stereocenters. The third kappa shape index (κ3) is 2.66. The largest absolute Gasteiger partial charge is 0.336 e. The minimum atomic E-state index is -0.0532. The summed E-state index contributed by atoms with van der Waals surface area (Å²) in [4.78, 5) is 12.6. The molecule has 0 saturated carbocycles. The van der Waals surface area contributed by atoms with Gasteiger partial charge in [0.25, 0.3) is 5.91 Å². The van der Waals surface area contributed by atoms with E-state index in [-0.39, 0.29) is 5.91 Å². The molecule has 1 aromatic carbocycles. The number of amides is 1. The van der Waals surface area contributed by atoms with Gasteiger partial charge in [0.05, 0.1) is 10.2 Å². The normalized spacial score (nSPS) is 11.3. The number of thiophene rings is 1. The van der Waals surface area contributed by atoms with Crippen LogP contribution in [0.4, 0.5) is 5.69 Å². The molecule has 0 aliphatic carbocycles. The summed E-state index contributed by atoms with van der Waals surface area (Å²) in [6.07, 6.45) is 0. The Morgan fingerprint density at radius 1 is 1.23 bits per heavy atom. The molecule has 0 atom stereocenters. The zero-order valence-corrected chi connectivity index (χ0v) is 13.9. The molecule has 1 N–H and O–H groups in total. The van der Waals surface area contributed by atoms with E-state index < -0.39 is 0 Å². The van der Waals surface area contributed by atoms with Gasteiger partial charge in [0.2, 0.25) is 0 Å². The Bertz CT molecular complexity index is 796.